The Labute approximate surface area is 232 Å². The Morgan fingerprint density at radius 3 is 1.70 bits per heavy atom. The summed E-state index contributed by atoms with van der Waals surface area (Å²) in [6, 6.07) is 24.5. The molecular formula is C32H39As2NO2. The van der Waals surface area contributed by atoms with E-state index >= 15 is 0 Å². The molecule has 0 fully saturated rings. The number of rotatable bonds is 10. The van der Waals surface area contributed by atoms with Crippen LogP contribution in [0.5, 0.6) is 0 Å². The van der Waals surface area contributed by atoms with Crippen molar-refractivity contribution < 1.29 is 9.53 Å². The van der Waals surface area contributed by atoms with Gasteiger partial charge in [0.25, 0.3) is 0 Å². The van der Waals surface area contributed by atoms with Crippen LogP contribution in [0.25, 0.3) is 5.57 Å². The summed E-state index contributed by atoms with van der Waals surface area (Å²) in [5.74, 6) is -0.245. The Bertz CT molecular complexity index is 1180. The van der Waals surface area contributed by atoms with Crippen molar-refractivity contribution in [2.24, 2.45) is 0 Å². The predicted octanol–water partition coefficient (Wildman–Crippen LogP) is 6.58. The fourth-order valence-corrected chi connectivity index (χ4v) is 12.3. The Morgan fingerprint density at radius 1 is 0.784 bits per heavy atom. The summed E-state index contributed by atoms with van der Waals surface area (Å²) in [6.45, 7) is 9.28. The molecule has 37 heavy (non-hydrogen) atoms. The van der Waals surface area contributed by atoms with Crippen molar-refractivity contribution in [1.29, 1.82) is 0 Å². The summed E-state index contributed by atoms with van der Waals surface area (Å²) in [5.41, 5.74) is 6.08. The Kier molecular flexibility index (Phi) is 9.44. The molecule has 1 unspecified atom stereocenters. The van der Waals surface area contributed by atoms with E-state index in [9.17, 15) is 4.79 Å². The van der Waals surface area contributed by atoms with Gasteiger partial charge in [-0.3, -0.25) is 0 Å². The molecule has 0 bridgehead atoms. The molecule has 0 aliphatic carbocycles. The molecule has 5 heteroatoms. The van der Waals surface area contributed by atoms with Crippen molar-refractivity contribution in [3.05, 3.63) is 95.1 Å². The number of hydrogen-bond donors (Lipinski definition) is 0. The third kappa shape index (κ3) is 6.10. The van der Waals surface area contributed by atoms with E-state index in [4.69, 9.17) is 4.74 Å². The third-order valence-corrected chi connectivity index (χ3v) is 18.0. The molecule has 0 saturated heterocycles. The van der Waals surface area contributed by atoms with E-state index in [1.807, 2.05) is 31.1 Å². The van der Waals surface area contributed by atoms with Gasteiger partial charge in [0.2, 0.25) is 0 Å². The van der Waals surface area contributed by atoms with E-state index < -0.39 is 35.4 Å². The van der Waals surface area contributed by atoms with Crippen LogP contribution in [-0.4, -0.2) is 49.4 Å². The maximum atomic E-state index is 12.8. The zero-order valence-electron chi connectivity index (χ0n) is 23.0. The number of esters is 1. The molecule has 1 aliphatic rings. The van der Waals surface area contributed by atoms with Crippen LogP contribution in [0.1, 0.15) is 60.8 Å². The molecule has 0 saturated carbocycles. The average Bonchev–Trinajstić information content (AvgIpc) is 3.24. The quantitative estimate of drug-likeness (QED) is 0.190. The standard InChI is InChI=1S/C32H39As2NO2/c1-7-33(8-2)25-15-11-23(12-16-25)29(24-13-17-26(18-14-24)34(9-3)10-4)22-31-28-20-19-27(35(5)6)21-30(28)32(36)37-31/h11-22,31H,7-10H2,1-6H3. The van der Waals surface area contributed by atoms with Gasteiger partial charge in [0.15, 0.2) is 0 Å². The fraction of sp³-hybridized carbons (Fsp3) is 0.344. The second-order valence-corrected chi connectivity index (χ2v) is 21.5. The Balaban J connectivity index is 1.77. The van der Waals surface area contributed by atoms with Gasteiger partial charge in [-0.25, -0.2) is 0 Å². The molecule has 3 nitrogen and oxygen atoms in total. The molecule has 0 aromatic heterocycles. The number of nitrogens with zero attached hydrogens (tertiary/aromatic N) is 1. The van der Waals surface area contributed by atoms with Crippen molar-refractivity contribution in [2.45, 2.75) is 54.6 Å². The zero-order chi connectivity index (χ0) is 26.5. The molecule has 0 N–H and O–H groups in total. The van der Waals surface area contributed by atoms with E-state index in [0.717, 1.165) is 16.8 Å². The number of anilines is 1. The van der Waals surface area contributed by atoms with Crippen LogP contribution in [0.3, 0.4) is 0 Å². The van der Waals surface area contributed by atoms with Crippen LogP contribution in [0, 0.1) is 0 Å². The van der Waals surface area contributed by atoms with E-state index in [0.29, 0.717) is 5.56 Å². The van der Waals surface area contributed by atoms with Gasteiger partial charge in [0.05, 0.1) is 0 Å². The van der Waals surface area contributed by atoms with Crippen LogP contribution in [0.15, 0.2) is 72.8 Å². The summed E-state index contributed by atoms with van der Waals surface area (Å²) in [6.07, 6.45) is 1.75. The average molecular weight is 620 g/mol. The van der Waals surface area contributed by atoms with Crippen LogP contribution in [-0.2, 0) is 4.74 Å². The van der Waals surface area contributed by atoms with Crippen LogP contribution in [0.4, 0.5) is 5.69 Å². The first-order valence-electron chi connectivity index (χ1n) is 13.3. The summed E-state index contributed by atoms with van der Waals surface area (Å²) in [4.78, 5) is 14.8. The number of carbonyl (C=O) groups excluding carboxylic acids is 1. The minimum absolute atomic E-state index is 0.245. The van der Waals surface area contributed by atoms with Gasteiger partial charge in [0.1, 0.15) is 0 Å². The van der Waals surface area contributed by atoms with Crippen molar-refractivity contribution >= 4 is 55.2 Å². The molecular weight excluding hydrogens is 580 g/mol. The molecule has 3 aromatic carbocycles. The number of carbonyl (C=O) groups is 1. The van der Waals surface area contributed by atoms with Crippen molar-refractivity contribution in [1.82, 2.24) is 0 Å². The third-order valence-electron chi connectivity index (χ3n) is 7.25. The van der Waals surface area contributed by atoms with E-state index in [2.05, 4.69) is 88.4 Å². The normalized spacial score (nSPS) is 14.6. The number of ether oxygens (including phenoxy) is 1. The first-order valence-corrected chi connectivity index (χ1v) is 20.5. The molecule has 3 aromatic rings. The van der Waals surface area contributed by atoms with Gasteiger partial charge in [-0.2, -0.15) is 0 Å². The van der Waals surface area contributed by atoms with E-state index in [1.165, 1.54) is 40.7 Å². The van der Waals surface area contributed by atoms with E-state index in [1.54, 1.807) is 0 Å². The molecule has 194 valence electrons. The second-order valence-electron chi connectivity index (χ2n) is 9.51. The van der Waals surface area contributed by atoms with Crippen molar-refractivity contribution in [3.8, 4) is 0 Å². The number of fused-ring (bicyclic) bond motifs is 1. The molecule has 1 atom stereocenters. The molecule has 1 heterocycles. The topological polar surface area (TPSA) is 29.5 Å². The van der Waals surface area contributed by atoms with Crippen LogP contribution in [0.2, 0.25) is 20.8 Å². The first-order chi connectivity index (χ1) is 17.9. The second kappa shape index (κ2) is 12.6. The Morgan fingerprint density at radius 2 is 1.27 bits per heavy atom. The monoisotopic (exact) mass is 619 g/mol. The van der Waals surface area contributed by atoms with Crippen molar-refractivity contribution in [2.75, 3.05) is 19.0 Å². The van der Waals surface area contributed by atoms with E-state index in [-0.39, 0.29) is 5.97 Å². The van der Waals surface area contributed by atoms with Crippen LogP contribution >= 0.6 is 0 Å². The summed E-state index contributed by atoms with van der Waals surface area (Å²) in [7, 11) is 3.97. The number of benzene rings is 3. The predicted molar refractivity (Wildman–Crippen MR) is 162 cm³/mol. The summed E-state index contributed by atoms with van der Waals surface area (Å²) >= 11 is -1.92. The Hall–Kier alpha value is -2.21. The zero-order valence-corrected chi connectivity index (χ0v) is 26.7. The van der Waals surface area contributed by atoms with Crippen LogP contribution < -0.4 is 13.6 Å². The SMILES string of the molecule is CC[As](CC)c1ccc(C(=CC2OC(=O)c3cc(N(C)C)ccc32)c2ccc([As](CC)CC)cc2)cc1. The molecule has 0 radical (unpaired) electrons. The molecule has 4 rings (SSSR count). The summed E-state index contributed by atoms with van der Waals surface area (Å²) in [5, 5.41) is 5.15. The summed E-state index contributed by atoms with van der Waals surface area (Å²) < 4.78 is 8.98. The van der Waals surface area contributed by atoms with Gasteiger partial charge < -0.3 is 0 Å². The molecule has 0 amide bonds. The van der Waals surface area contributed by atoms with Gasteiger partial charge in [-0.15, -0.1) is 0 Å². The van der Waals surface area contributed by atoms with Gasteiger partial charge in [-0.05, 0) is 0 Å². The maximum absolute atomic E-state index is 12.8. The number of cyclic esters (lactones) is 1. The minimum atomic E-state index is -0.961. The first kappa shape index (κ1) is 27.8. The number of hydrogen-bond acceptors (Lipinski definition) is 3. The fourth-order valence-electron chi connectivity index (χ4n) is 5.01. The van der Waals surface area contributed by atoms with Gasteiger partial charge >= 0.3 is 219 Å². The van der Waals surface area contributed by atoms with Crippen molar-refractivity contribution in [3.63, 3.8) is 0 Å². The molecule has 1 aliphatic heterocycles. The van der Waals surface area contributed by atoms with Gasteiger partial charge in [0, 0.05) is 14.1 Å². The molecule has 0 spiro atoms. The van der Waals surface area contributed by atoms with Gasteiger partial charge in [-0.1, -0.05) is 0 Å².